The van der Waals surface area contributed by atoms with Crippen molar-refractivity contribution in [3.8, 4) is 27.9 Å². The average Bonchev–Trinajstić information content (AvgIpc) is 3.72. The van der Waals surface area contributed by atoms with Gasteiger partial charge < -0.3 is 4.57 Å². The van der Waals surface area contributed by atoms with Crippen LogP contribution in [0.1, 0.15) is 22.3 Å². The van der Waals surface area contributed by atoms with Crippen LogP contribution in [0, 0.1) is 0 Å². The van der Waals surface area contributed by atoms with E-state index in [0.717, 1.165) is 25.9 Å². The molecule has 1 unspecified atom stereocenters. The average molecular weight is 616 g/mol. The van der Waals surface area contributed by atoms with E-state index in [0.29, 0.717) is 0 Å². The van der Waals surface area contributed by atoms with Crippen LogP contribution in [0.4, 0.5) is 0 Å². The summed E-state index contributed by atoms with van der Waals surface area (Å²) in [6.45, 7) is 0. The van der Waals surface area contributed by atoms with E-state index >= 15 is 0 Å². The Labute approximate surface area is 274 Å². The lowest BCUT2D eigenvalue weighted by atomic mass is 9.70. The highest BCUT2D eigenvalue weighted by atomic mass is 32.1. The predicted molar refractivity (Wildman–Crippen MR) is 196 cm³/mol. The fourth-order valence-corrected chi connectivity index (χ4v) is 9.85. The van der Waals surface area contributed by atoms with E-state index < -0.39 is 5.41 Å². The lowest BCUT2D eigenvalue weighted by Gasteiger charge is -2.31. The summed E-state index contributed by atoms with van der Waals surface area (Å²) in [4.78, 5) is 14.1. The SMILES string of the molecule is O=c1c2ccccc2sc2cc3c(cc12)C1(c2ccccc2-c2ccc(-n4c5ccccc5c5ccccc54)cc21)c1ccccc1-3. The molecule has 2 heterocycles. The molecule has 1 atom stereocenters. The van der Waals surface area contributed by atoms with Gasteiger partial charge in [-0.25, -0.2) is 0 Å². The molecule has 0 aliphatic heterocycles. The maximum absolute atomic E-state index is 14.1. The number of nitrogens with zero attached hydrogens (tertiary/aromatic N) is 1. The summed E-state index contributed by atoms with van der Waals surface area (Å²) < 4.78 is 4.47. The summed E-state index contributed by atoms with van der Waals surface area (Å²) in [6.07, 6.45) is 0. The molecule has 0 radical (unpaired) electrons. The molecule has 11 rings (SSSR count). The molecule has 9 aromatic rings. The normalized spacial score (nSPS) is 15.8. The molecule has 1 spiro atoms. The van der Waals surface area contributed by atoms with Crippen LogP contribution in [0.2, 0.25) is 0 Å². The van der Waals surface area contributed by atoms with Crippen LogP contribution in [0.25, 0.3) is 69.9 Å². The van der Waals surface area contributed by atoms with E-state index in [1.807, 2.05) is 18.2 Å². The molecule has 2 aromatic heterocycles. The Bertz CT molecular complexity index is 2840. The van der Waals surface area contributed by atoms with Gasteiger partial charge in [0.25, 0.3) is 0 Å². The predicted octanol–water partition coefficient (Wildman–Crippen LogP) is 10.9. The zero-order valence-corrected chi connectivity index (χ0v) is 26.0. The molecule has 2 nitrogen and oxygen atoms in total. The fourth-order valence-electron chi connectivity index (χ4n) is 8.76. The Hall–Kier alpha value is -5.77. The Morgan fingerprint density at radius 3 is 1.70 bits per heavy atom. The summed E-state index contributed by atoms with van der Waals surface area (Å²) >= 11 is 1.71. The van der Waals surface area contributed by atoms with Crippen molar-refractivity contribution in [2.45, 2.75) is 5.41 Å². The van der Waals surface area contributed by atoms with Crippen LogP contribution in [0.5, 0.6) is 0 Å². The van der Waals surface area contributed by atoms with Crippen LogP contribution in [0.15, 0.2) is 156 Å². The van der Waals surface area contributed by atoms with Crippen LogP contribution < -0.4 is 5.43 Å². The van der Waals surface area contributed by atoms with Gasteiger partial charge in [-0.1, -0.05) is 103 Å². The molecule has 0 saturated carbocycles. The second kappa shape index (κ2) is 8.94. The van der Waals surface area contributed by atoms with E-state index in [-0.39, 0.29) is 5.43 Å². The van der Waals surface area contributed by atoms with Crippen molar-refractivity contribution in [3.05, 3.63) is 184 Å². The van der Waals surface area contributed by atoms with Crippen molar-refractivity contribution in [1.29, 1.82) is 0 Å². The highest BCUT2D eigenvalue weighted by Crippen LogP contribution is 2.63. The molecule has 0 amide bonds. The molecule has 3 heteroatoms. The highest BCUT2D eigenvalue weighted by molar-refractivity contribution is 7.24. The van der Waals surface area contributed by atoms with Gasteiger partial charge in [-0.3, -0.25) is 4.79 Å². The van der Waals surface area contributed by atoms with E-state index in [4.69, 9.17) is 0 Å². The minimum absolute atomic E-state index is 0.105. The van der Waals surface area contributed by atoms with Crippen molar-refractivity contribution in [1.82, 2.24) is 4.57 Å². The van der Waals surface area contributed by atoms with Crippen molar-refractivity contribution in [2.75, 3.05) is 0 Å². The van der Waals surface area contributed by atoms with Crippen molar-refractivity contribution in [3.63, 3.8) is 0 Å². The van der Waals surface area contributed by atoms with Gasteiger partial charge in [0.15, 0.2) is 5.43 Å². The van der Waals surface area contributed by atoms with E-state index in [1.54, 1.807) is 11.3 Å². The molecule has 218 valence electrons. The minimum atomic E-state index is -0.552. The Morgan fingerprint density at radius 1 is 0.426 bits per heavy atom. The molecule has 0 saturated heterocycles. The van der Waals surface area contributed by atoms with Crippen molar-refractivity contribution in [2.24, 2.45) is 0 Å². The zero-order valence-electron chi connectivity index (χ0n) is 25.2. The minimum Gasteiger partial charge on any atom is -0.309 e. The highest BCUT2D eigenvalue weighted by Gasteiger charge is 2.52. The Balaban J connectivity index is 1.29. The number of benzene rings is 7. The third kappa shape index (κ3) is 3.08. The van der Waals surface area contributed by atoms with E-state index in [1.165, 1.54) is 66.3 Å². The van der Waals surface area contributed by atoms with Gasteiger partial charge in [0.2, 0.25) is 0 Å². The molecular weight excluding hydrogens is 591 g/mol. The summed E-state index contributed by atoms with van der Waals surface area (Å²) in [7, 11) is 0. The second-order valence-corrected chi connectivity index (χ2v) is 13.8. The monoisotopic (exact) mass is 615 g/mol. The number of hydrogen-bond acceptors (Lipinski definition) is 2. The lowest BCUT2D eigenvalue weighted by molar-refractivity contribution is 0.794. The lowest BCUT2D eigenvalue weighted by Crippen LogP contribution is -2.26. The topological polar surface area (TPSA) is 22.0 Å². The van der Waals surface area contributed by atoms with Gasteiger partial charge in [0.1, 0.15) is 0 Å². The standard InChI is InChI=1S/C44H25NOS/c46-43-32-15-5-10-20-41(32)47-42-25-33-28-12-2-7-17-36(28)44(38(33)24-34(42)43)35-16-6-1-11-27(35)29-22-21-26(23-37(29)44)45-39-18-8-3-13-30(39)31-14-4-9-19-40(31)45/h1-25H. The van der Waals surface area contributed by atoms with Gasteiger partial charge in [0, 0.05) is 36.6 Å². The first-order chi connectivity index (χ1) is 23.2. The number of aromatic nitrogens is 1. The van der Waals surface area contributed by atoms with Crippen LogP contribution in [-0.2, 0) is 5.41 Å². The summed E-state index contributed by atoms with van der Waals surface area (Å²) in [5.41, 5.74) is 13.0. The second-order valence-electron chi connectivity index (χ2n) is 12.8. The van der Waals surface area contributed by atoms with Crippen molar-refractivity contribution >= 4 is 53.3 Å². The summed E-state index contributed by atoms with van der Waals surface area (Å²) in [5.74, 6) is 0. The third-order valence-electron chi connectivity index (χ3n) is 10.6. The van der Waals surface area contributed by atoms with E-state index in [9.17, 15) is 4.79 Å². The van der Waals surface area contributed by atoms with Crippen LogP contribution >= 0.6 is 11.3 Å². The van der Waals surface area contributed by atoms with Crippen LogP contribution in [0.3, 0.4) is 0 Å². The molecule has 47 heavy (non-hydrogen) atoms. The molecule has 7 aromatic carbocycles. The quantitative estimate of drug-likeness (QED) is 0.168. The van der Waals surface area contributed by atoms with Gasteiger partial charge in [-0.05, 0) is 93.0 Å². The van der Waals surface area contributed by atoms with E-state index in [2.05, 4.69) is 138 Å². The van der Waals surface area contributed by atoms with Gasteiger partial charge >= 0.3 is 0 Å². The number of rotatable bonds is 1. The first-order valence-electron chi connectivity index (χ1n) is 16.1. The molecule has 0 bridgehead atoms. The molecular formula is C44H25NOS. The Kier molecular flexibility index (Phi) is 4.83. The smallest absolute Gasteiger partial charge is 0.195 e. The number of fused-ring (bicyclic) bond motifs is 15. The largest absolute Gasteiger partial charge is 0.309 e. The molecule has 2 aliphatic carbocycles. The first kappa shape index (κ1) is 25.4. The van der Waals surface area contributed by atoms with Crippen LogP contribution in [-0.4, -0.2) is 4.57 Å². The number of para-hydroxylation sites is 2. The fraction of sp³-hybridized carbons (Fsp3) is 0.0227. The molecule has 0 fully saturated rings. The van der Waals surface area contributed by atoms with Gasteiger partial charge in [-0.2, -0.15) is 0 Å². The third-order valence-corrected chi connectivity index (χ3v) is 11.7. The van der Waals surface area contributed by atoms with Crippen molar-refractivity contribution < 1.29 is 0 Å². The Morgan fingerprint density at radius 2 is 0.979 bits per heavy atom. The van der Waals surface area contributed by atoms with Gasteiger partial charge in [0.05, 0.1) is 16.4 Å². The maximum atomic E-state index is 14.1. The molecule has 0 N–H and O–H groups in total. The maximum Gasteiger partial charge on any atom is 0.195 e. The number of hydrogen-bond donors (Lipinski definition) is 0. The van der Waals surface area contributed by atoms with Gasteiger partial charge in [-0.15, -0.1) is 11.3 Å². The first-order valence-corrected chi connectivity index (χ1v) is 16.9. The summed E-state index contributed by atoms with van der Waals surface area (Å²) in [5, 5.41) is 4.08. The summed E-state index contributed by atoms with van der Waals surface area (Å²) in [6, 6.07) is 54.7. The zero-order chi connectivity index (χ0) is 30.9. The molecule has 2 aliphatic rings.